The minimum absolute atomic E-state index is 0.782. The summed E-state index contributed by atoms with van der Waals surface area (Å²) in [6.07, 6.45) is 3.64. The van der Waals surface area contributed by atoms with Crippen LogP contribution < -0.4 is 10.1 Å². The molecular weight excluding hydrogens is 290 g/mol. The molecule has 2 heterocycles. The van der Waals surface area contributed by atoms with E-state index in [1.54, 1.807) is 7.11 Å². The maximum atomic E-state index is 5.21. The number of methoxy groups -OCH3 is 1. The van der Waals surface area contributed by atoms with Gasteiger partial charge in [-0.3, -0.25) is 0 Å². The number of benzene rings is 1. The molecular formula is C17H21N5O. The number of fused-ring (bicyclic) bond motifs is 1. The van der Waals surface area contributed by atoms with E-state index in [0.29, 0.717) is 0 Å². The molecule has 0 radical (unpaired) electrons. The molecule has 2 aromatic heterocycles. The van der Waals surface area contributed by atoms with Gasteiger partial charge in [0.25, 0.3) is 0 Å². The van der Waals surface area contributed by atoms with Crippen LogP contribution in [0.15, 0.2) is 30.5 Å². The number of anilines is 1. The molecule has 1 aromatic carbocycles. The minimum atomic E-state index is 0.782. The van der Waals surface area contributed by atoms with E-state index >= 15 is 0 Å². The zero-order valence-corrected chi connectivity index (χ0v) is 13.7. The Kier molecular flexibility index (Phi) is 4.41. The minimum Gasteiger partial charge on any atom is -0.497 e. The van der Waals surface area contributed by atoms with Crippen molar-refractivity contribution in [2.24, 2.45) is 0 Å². The molecule has 0 saturated carbocycles. The second-order valence-corrected chi connectivity index (χ2v) is 5.26. The van der Waals surface area contributed by atoms with E-state index in [0.717, 1.165) is 53.5 Å². The molecule has 23 heavy (non-hydrogen) atoms. The van der Waals surface area contributed by atoms with Crippen molar-refractivity contribution < 1.29 is 4.74 Å². The smallest absolute Gasteiger partial charge is 0.168 e. The highest BCUT2D eigenvalue weighted by atomic mass is 16.5. The Hall–Kier alpha value is -2.63. The number of nitrogens with zero attached hydrogens (tertiary/aromatic N) is 4. The van der Waals surface area contributed by atoms with E-state index in [1.165, 1.54) is 0 Å². The lowest BCUT2D eigenvalue weighted by Crippen LogP contribution is -2.06. The number of hydrogen-bond donors (Lipinski definition) is 1. The van der Waals surface area contributed by atoms with Gasteiger partial charge in [-0.1, -0.05) is 13.8 Å². The summed E-state index contributed by atoms with van der Waals surface area (Å²) in [5.41, 5.74) is 1.77. The van der Waals surface area contributed by atoms with Gasteiger partial charge < -0.3 is 10.1 Å². The Morgan fingerprint density at radius 1 is 1.13 bits per heavy atom. The molecule has 0 aliphatic carbocycles. The summed E-state index contributed by atoms with van der Waals surface area (Å²) >= 11 is 0. The Labute approximate surface area is 135 Å². The van der Waals surface area contributed by atoms with E-state index in [2.05, 4.69) is 34.2 Å². The number of aryl methyl sites for hydroxylation is 1. The van der Waals surface area contributed by atoms with Gasteiger partial charge in [-0.2, -0.15) is 5.10 Å². The van der Waals surface area contributed by atoms with Gasteiger partial charge in [0.15, 0.2) is 5.65 Å². The van der Waals surface area contributed by atoms with Crippen LogP contribution in [0.3, 0.4) is 0 Å². The maximum absolute atomic E-state index is 5.21. The summed E-state index contributed by atoms with van der Waals surface area (Å²) in [5.74, 6) is 2.49. The molecule has 0 aliphatic heterocycles. The summed E-state index contributed by atoms with van der Waals surface area (Å²) in [5, 5.41) is 8.81. The van der Waals surface area contributed by atoms with Gasteiger partial charge in [0.1, 0.15) is 17.4 Å². The molecule has 0 atom stereocenters. The average Bonchev–Trinajstić information content (AvgIpc) is 3.03. The van der Waals surface area contributed by atoms with Crippen molar-refractivity contribution in [1.82, 2.24) is 19.7 Å². The standard InChI is InChI=1S/C17H21N5O/c1-4-10-18-16-14-11-19-22(17(14)21-15(5-2)20-16)12-6-8-13(23-3)9-7-12/h6-9,11H,4-5,10H2,1-3H3,(H,18,20,21). The summed E-state index contributed by atoms with van der Waals surface area (Å²) in [7, 11) is 1.66. The number of hydrogen-bond acceptors (Lipinski definition) is 5. The van der Waals surface area contributed by atoms with E-state index in [9.17, 15) is 0 Å². The zero-order valence-electron chi connectivity index (χ0n) is 13.7. The van der Waals surface area contributed by atoms with Crippen molar-refractivity contribution in [3.05, 3.63) is 36.3 Å². The predicted octanol–water partition coefficient (Wildman–Crippen LogP) is 3.21. The molecule has 0 aliphatic rings. The Morgan fingerprint density at radius 2 is 1.91 bits per heavy atom. The first kappa shape index (κ1) is 15.3. The summed E-state index contributed by atoms with van der Waals surface area (Å²) < 4.78 is 7.05. The van der Waals surface area contributed by atoms with Gasteiger partial charge in [-0.05, 0) is 30.7 Å². The van der Waals surface area contributed by atoms with Crippen molar-refractivity contribution in [2.45, 2.75) is 26.7 Å². The number of aromatic nitrogens is 4. The first-order valence-corrected chi connectivity index (χ1v) is 7.89. The largest absolute Gasteiger partial charge is 0.497 e. The van der Waals surface area contributed by atoms with Crippen LogP contribution in [0.2, 0.25) is 0 Å². The van der Waals surface area contributed by atoms with Crippen molar-refractivity contribution in [3.63, 3.8) is 0 Å². The highest BCUT2D eigenvalue weighted by Crippen LogP contribution is 2.24. The third-order valence-electron chi connectivity index (χ3n) is 3.65. The lowest BCUT2D eigenvalue weighted by atomic mass is 10.3. The van der Waals surface area contributed by atoms with Crippen molar-refractivity contribution >= 4 is 16.9 Å². The third kappa shape index (κ3) is 2.97. The van der Waals surface area contributed by atoms with Gasteiger partial charge in [0.05, 0.1) is 24.4 Å². The molecule has 0 amide bonds. The first-order chi connectivity index (χ1) is 11.3. The molecule has 3 rings (SSSR count). The molecule has 0 fully saturated rings. The average molecular weight is 311 g/mol. The predicted molar refractivity (Wildman–Crippen MR) is 91.4 cm³/mol. The fourth-order valence-corrected chi connectivity index (χ4v) is 2.40. The lowest BCUT2D eigenvalue weighted by Gasteiger charge is -2.08. The molecule has 120 valence electrons. The topological polar surface area (TPSA) is 64.9 Å². The second-order valence-electron chi connectivity index (χ2n) is 5.26. The third-order valence-corrected chi connectivity index (χ3v) is 3.65. The molecule has 1 N–H and O–H groups in total. The molecule has 6 heteroatoms. The summed E-state index contributed by atoms with van der Waals surface area (Å²) in [6, 6.07) is 7.78. The molecule has 0 spiro atoms. The van der Waals surface area contributed by atoms with Crippen LogP contribution in [-0.4, -0.2) is 33.4 Å². The van der Waals surface area contributed by atoms with Gasteiger partial charge in [-0.25, -0.2) is 14.6 Å². The molecule has 6 nitrogen and oxygen atoms in total. The molecule has 0 unspecified atom stereocenters. The van der Waals surface area contributed by atoms with Crippen LogP contribution >= 0.6 is 0 Å². The SMILES string of the molecule is CCCNc1nc(CC)nc2c1cnn2-c1ccc(OC)cc1. The Bertz CT molecular complexity index is 795. The van der Waals surface area contributed by atoms with E-state index in [-0.39, 0.29) is 0 Å². The number of ether oxygens (including phenoxy) is 1. The van der Waals surface area contributed by atoms with Crippen LogP contribution in [0.5, 0.6) is 5.75 Å². The van der Waals surface area contributed by atoms with Crippen LogP contribution in [0.4, 0.5) is 5.82 Å². The fourth-order valence-electron chi connectivity index (χ4n) is 2.40. The number of rotatable bonds is 6. The summed E-state index contributed by atoms with van der Waals surface area (Å²) in [6.45, 7) is 5.06. The van der Waals surface area contributed by atoms with Crippen LogP contribution in [0, 0.1) is 0 Å². The monoisotopic (exact) mass is 311 g/mol. The van der Waals surface area contributed by atoms with E-state index in [1.807, 2.05) is 35.1 Å². The van der Waals surface area contributed by atoms with Crippen molar-refractivity contribution in [3.8, 4) is 11.4 Å². The van der Waals surface area contributed by atoms with Crippen LogP contribution in [-0.2, 0) is 6.42 Å². The summed E-state index contributed by atoms with van der Waals surface area (Å²) in [4.78, 5) is 9.26. The molecule has 0 saturated heterocycles. The van der Waals surface area contributed by atoms with Gasteiger partial charge in [0, 0.05) is 13.0 Å². The molecule has 3 aromatic rings. The van der Waals surface area contributed by atoms with Gasteiger partial charge in [-0.15, -0.1) is 0 Å². The highest BCUT2D eigenvalue weighted by molar-refractivity contribution is 5.87. The van der Waals surface area contributed by atoms with E-state index in [4.69, 9.17) is 4.74 Å². The lowest BCUT2D eigenvalue weighted by molar-refractivity contribution is 0.414. The van der Waals surface area contributed by atoms with Crippen molar-refractivity contribution in [2.75, 3.05) is 19.0 Å². The van der Waals surface area contributed by atoms with E-state index < -0.39 is 0 Å². The van der Waals surface area contributed by atoms with Crippen LogP contribution in [0.1, 0.15) is 26.1 Å². The normalized spacial score (nSPS) is 10.9. The highest BCUT2D eigenvalue weighted by Gasteiger charge is 2.13. The molecule has 0 bridgehead atoms. The quantitative estimate of drug-likeness (QED) is 0.757. The van der Waals surface area contributed by atoms with Crippen molar-refractivity contribution in [1.29, 1.82) is 0 Å². The van der Waals surface area contributed by atoms with Gasteiger partial charge >= 0.3 is 0 Å². The fraction of sp³-hybridized carbons (Fsp3) is 0.353. The van der Waals surface area contributed by atoms with Crippen LogP contribution in [0.25, 0.3) is 16.7 Å². The zero-order chi connectivity index (χ0) is 16.2. The number of nitrogens with one attached hydrogen (secondary N) is 1. The first-order valence-electron chi connectivity index (χ1n) is 7.89. The Balaban J connectivity index is 2.10. The van der Waals surface area contributed by atoms with Gasteiger partial charge in [0.2, 0.25) is 0 Å². The maximum Gasteiger partial charge on any atom is 0.168 e. The Morgan fingerprint density at radius 3 is 2.57 bits per heavy atom. The second kappa shape index (κ2) is 6.64.